The molecule has 1 heterocycles. The molecule has 0 aromatic heterocycles. The minimum absolute atomic E-state index is 0.713. The van der Waals surface area contributed by atoms with Crippen LogP contribution < -0.4 is 0 Å². The summed E-state index contributed by atoms with van der Waals surface area (Å²) in [6.45, 7) is 14.0. The molecule has 0 amide bonds. The minimum atomic E-state index is 0.713. The summed E-state index contributed by atoms with van der Waals surface area (Å²) in [4.78, 5) is 2.37. The average molecular weight is 247 g/mol. The molecule has 104 valence electrons. The van der Waals surface area contributed by atoms with Crippen molar-refractivity contribution in [2.75, 3.05) is 59.3 Å². The zero-order valence-electron chi connectivity index (χ0n) is 11.7. The Balaban J connectivity index is 0.00000121. The van der Waals surface area contributed by atoms with Crippen molar-refractivity contribution in [1.29, 1.82) is 0 Å². The summed E-state index contributed by atoms with van der Waals surface area (Å²) >= 11 is 0. The van der Waals surface area contributed by atoms with E-state index in [9.17, 15) is 0 Å². The van der Waals surface area contributed by atoms with E-state index >= 15 is 0 Å². The first-order chi connectivity index (χ1) is 8.43. The van der Waals surface area contributed by atoms with E-state index in [2.05, 4.69) is 11.8 Å². The molecule has 0 aliphatic carbocycles. The quantitative estimate of drug-likeness (QED) is 0.612. The molecule has 0 aromatic rings. The highest BCUT2D eigenvalue weighted by Gasteiger charge is 2.08. The predicted molar refractivity (Wildman–Crippen MR) is 70.5 cm³/mol. The van der Waals surface area contributed by atoms with E-state index in [4.69, 9.17) is 14.2 Å². The highest BCUT2D eigenvalue weighted by atomic mass is 16.5. The Morgan fingerprint density at radius 2 is 1.53 bits per heavy atom. The third-order valence-electron chi connectivity index (χ3n) is 2.38. The maximum atomic E-state index is 5.48. The number of morpholine rings is 1. The molecule has 17 heavy (non-hydrogen) atoms. The number of hydrogen-bond acceptors (Lipinski definition) is 4. The van der Waals surface area contributed by atoms with Crippen molar-refractivity contribution in [3.8, 4) is 0 Å². The third kappa shape index (κ3) is 10.7. The largest absolute Gasteiger partial charge is 0.379 e. The topological polar surface area (TPSA) is 30.9 Å². The van der Waals surface area contributed by atoms with E-state index in [1.807, 2.05) is 13.8 Å². The van der Waals surface area contributed by atoms with Gasteiger partial charge < -0.3 is 14.2 Å². The van der Waals surface area contributed by atoms with Crippen LogP contribution in [0.4, 0.5) is 0 Å². The number of hydrogen-bond donors (Lipinski definition) is 0. The Bertz CT molecular complexity index is 139. The van der Waals surface area contributed by atoms with Crippen molar-refractivity contribution in [2.45, 2.75) is 27.2 Å². The zero-order valence-corrected chi connectivity index (χ0v) is 11.7. The molecule has 1 aliphatic rings. The van der Waals surface area contributed by atoms with Gasteiger partial charge in [0.25, 0.3) is 0 Å². The van der Waals surface area contributed by atoms with Gasteiger partial charge in [0, 0.05) is 26.2 Å². The summed E-state index contributed by atoms with van der Waals surface area (Å²) in [6.07, 6.45) is 1.08. The van der Waals surface area contributed by atoms with Crippen molar-refractivity contribution >= 4 is 0 Å². The molecule has 0 spiro atoms. The first kappa shape index (κ1) is 16.8. The minimum Gasteiger partial charge on any atom is -0.379 e. The summed E-state index contributed by atoms with van der Waals surface area (Å²) < 4.78 is 16.1. The highest BCUT2D eigenvalue weighted by molar-refractivity contribution is 4.60. The van der Waals surface area contributed by atoms with Gasteiger partial charge in [0.2, 0.25) is 0 Å². The number of rotatable bonds is 8. The van der Waals surface area contributed by atoms with Crippen LogP contribution in [-0.4, -0.2) is 64.2 Å². The molecule has 0 atom stereocenters. The van der Waals surface area contributed by atoms with E-state index in [1.54, 1.807) is 0 Å². The van der Waals surface area contributed by atoms with Crippen molar-refractivity contribution in [3.05, 3.63) is 0 Å². The van der Waals surface area contributed by atoms with Crippen LogP contribution in [-0.2, 0) is 14.2 Å². The SMILES string of the molecule is CC.CCCOCCOCCN1CCOCC1. The summed E-state index contributed by atoms with van der Waals surface area (Å²) in [5.74, 6) is 0. The molecule has 0 aromatic carbocycles. The summed E-state index contributed by atoms with van der Waals surface area (Å²) in [6, 6.07) is 0. The molecule has 1 fully saturated rings. The highest BCUT2D eigenvalue weighted by Crippen LogP contribution is 1.95. The Kier molecular flexibility index (Phi) is 13.8. The van der Waals surface area contributed by atoms with Crippen molar-refractivity contribution in [3.63, 3.8) is 0 Å². The van der Waals surface area contributed by atoms with E-state index < -0.39 is 0 Å². The first-order valence-electron chi connectivity index (χ1n) is 6.89. The second kappa shape index (κ2) is 13.9. The normalized spacial score (nSPS) is 16.4. The molecule has 0 unspecified atom stereocenters. The van der Waals surface area contributed by atoms with Crippen LogP contribution in [0.1, 0.15) is 27.2 Å². The van der Waals surface area contributed by atoms with E-state index in [-0.39, 0.29) is 0 Å². The smallest absolute Gasteiger partial charge is 0.0701 e. The predicted octanol–water partition coefficient (Wildman–Crippen LogP) is 1.79. The van der Waals surface area contributed by atoms with Gasteiger partial charge in [-0.15, -0.1) is 0 Å². The van der Waals surface area contributed by atoms with Crippen LogP contribution in [0.2, 0.25) is 0 Å². The molecule has 1 aliphatic heterocycles. The lowest BCUT2D eigenvalue weighted by molar-refractivity contribution is 0.00807. The van der Waals surface area contributed by atoms with Crippen LogP contribution in [0.3, 0.4) is 0 Å². The van der Waals surface area contributed by atoms with Gasteiger partial charge in [-0.1, -0.05) is 20.8 Å². The molecule has 0 N–H and O–H groups in total. The summed E-state index contributed by atoms with van der Waals surface area (Å²) in [5, 5.41) is 0. The maximum absolute atomic E-state index is 5.48. The number of nitrogens with zero attached hydrogens (tertiary/aromatic N) is 1. The molecule has 4 nitrogen and oxygen atoms in total. The van der Waals surface area contributed by atoms with Gasteiger partial charge in [-0.2, -0.15) is 0 Å². The van der Waals surface area contributed by atoms with E-state index in [0.29, 0.717) is 6.61 Å². The second-order valence-electron chi connectivity index (χ2n) is 3.68. The lowest BCUT2D eigenvalue weighted by atomic mass is 10.4. The Morgan fingerprint density at radius 1 is 0.941 bits per heavy atom. The monoisotopic (exact) mass is 247 g/mol. The van der Waals surface area contributed by atoms with Gasteiger partial charge in [-0.3, -0.25) is 4.90 Å². The molecular formula is C13H29NO3. The van der Waals surface area contributed by atoms with Gasteiger partial charge >= 0.3 is 0 Å². The molecule has 1 rings (SSSR count). The molecule has 0 saturated carbocycles. The molecular weight excluding hydrogens is 218 g/mol. The van der Waals surface area contributed by atoms with Crippen LogP contribution in [0.15, 0.2) is 0 Å². The van der Waals surface area contributed by atoms with Crippen LogP contribution >= 0.6 is 0 Å². The van der Waals surface area contributed by atoms with Gasteiger partial charge in [-0.05, 0) is 6.42 Å². The molecule has 4 heteroatoms. The Morgan fingerprint density at radius 3 is 2.12 bits per heavy atom. The first-order valence-corrected chi connectivity index (χ1v) is 6.89. The molecule has 1 saturated heterocycles. The average Bonchev–Trinajstić information content (AvgIpc) is 2.41. The lowest BCUT2D eigenvalue weighted by Crippen LogP contribution is -2.38. The summed E-state index contributed by atoms with van der Waals surface area (Å²) in [5.41, 5.74) is 0. The number of ether oxygens (including phenoxy) is 3. The standard InChI is InChI=1S/C11H23NO3.C2H6/c1-2-6-13-10-11-15-9-5-12-3-7-14-8-4-12;1-2/h2-11H2,1H3;1-2H3. The van der Waals surface area contributed by atoms with Crippen molar-refractivity contribution in [2.24, 2.45) is 0 Å². The fourth-order valence-corrected chi connectivity index (χ4v) is 1.48. The van der Waals surface area contributed by atoms with Gasteiger partial charge in [-0.25, -0.2) is 0 Å². The van der Waals surface area contributed by atoms with E-state index in [1.165, 1.54) is 0 Å². The fourth-order valence-electron chi connectivity index (χ4n) is 1.48. The summed E-state index contributed by atoms with van der Waals surface area (Å²) in [7, 11) is 0. The maximum Gasteiger partial charge on any atom is 0.0701 e. The molecule has 0 radical (unpaired) electrons. The van der Waals surface area contributed by atoms with E-state index in [0.717, 1.165) is 59.1 Å². The van der Waals surface area contributed by atoms with Gasteiger partial charge in [0.15, 0.2) is 0 Å². The van der Waals surface area contributed by atoms with Crippen molar-refractivity contribution < 1.29 is 14.2 Å². The van der Waals surface area contributed by atoms with Crippen LogP contribution in [0.25, 0.3) is 0 Å². The van der Waals surface area contributed by atoms with Gasteiger partial charge in [0.05, 0.1) is 33.0 Å². The van der Waals surface area contributed by atoms with Crippen LogP contribution in [0, 0.1) is 0 Å². The zero-order chi connectivity index (χ0) is 12.8. The Hall–Kier alpha value is -0.160. The van der Waals surface area contributed by atoms with Gasteiger partial charge in [0.1, 0.15) is 0 Å². The fraction of sp³-hybridized carbons (Fsp3) is 1.00. The molecule has 0 bridgehead atoms. The third-order valence-corrected chi connectivity index (χ3v) is 2.38. The lowest BCUT2D eigenvalue weighted by Gasteiger charge is -2.26. The van der Waals surface area contributed by atoms with Crippen LogP contribution in [0.5, 0.6) is 0 Å². The van der Waals surface area contributed by atoms with Crippen molar-refractivity contribution in [1.82, 2.24) is 4.90 Å². The Labute approximate surface area is 106 Å². The second-order valence-corrected chi connectivity index (χ2v) is 3.68.